The summed E-state index contributed by atoms with van der Waals surface area (Å²) in [5, 5.41) is 4.46. The van der Waals surface area contributed by atoms with Gasteiger partial charge < -0.3 is 9.47 Å². The second-order valence-corrected chi connectivity index (χ2v) is 6.37. The Bertz CT molecular complexity index is 551. The summed E-state index contributed by atoms with van der Waals surface area (Å²) >= 11 is 0. The van der Waals surface area contributed by atoms with Crippen molar-refractivity contribution in [2.75, 3.05) is 13.1 Å². The van der Waals surface area contributed by atoms with Gasteiger partial charge in [-0.1, -0.05) is 0 Å². The number of carbonyl (C=O) groups is 1. The predicted molar refractivity (Wildman–Crippen MR) is 65.2 cm³/mol. The van der Waals surface area contributed by atoms with E-state index < -0.39 is 15.3 Å². The molecule has 1 aromatic heterocycles. The summed E-state index contributed by atoms with van der Waals surface area (Å²) in [5.74, 6) is -0.246. The normalized spacial score (nSPS) is 21.0. The fraction of sp³-hybridized carbons (Fsp3) is 0.600. The lowest BCUT2D eigenvalue weighted by Gasteiger charge is -2.30. The van der Waals surface area contributed by atoms with Crippen molar-refractivity contribution in [3.05, 3.63) is 18.2 Å². The standard InChI is InChI=1S/C10H16N4O3S/c1-13-6-9(12-7-13)10(15)14-4-2-3-8(5-14)18(11,16)17/h6-8H,2-5H2,1H3,(H2,11,16,17). The minimum atomic E-state index is -3.59. The summed E-state index contributed by atoms with van der Waals surface area (Å²) in [5.41, 5.74) is 0.326. The van der Waals surface area contributed by atoms with Gasteiger partial charge in [0.25, 0.3) is 5.91 Å². The molecule has 0 saturated carbocycles. The van der Waals surface area contributed by atoms with Crippen molar-refractivity contribution in [3.8, 4) is 0 Å². The fourth-order valence-electron chi connectivity index (χ4n) is 2.08. The van der Waals surface area contributed by atoms with Gasteiger partial charge in [-0.15, -0.1) is 0 Å². The lowest BCUT2D eigenvalue weighted by atomic mass is 10.1. The van der Waals surface area contributed by atoms with Crippen LogP contribution in [-0.4, -0.2) is 47.1 Å². The van der Waals surface area contributed by atoms with Crippen molar-refractivity contribution < 1.29 is 13.2 Å². The van der Waals surface area contributed by atoms with Crippen molar-refractivity contribution in [2.24, 2.45) is 12.2 Å². The van der Waals surface area contributed by atoms with Gasteiger partial charge in [0.15, 0.2) is 0 Å². The molecule has 0 aromatic carbocycles. The number of likely N-dealkylation sites (tertiary alicyclic amines) is 1. The van der Waals surface area contributed by atoms with Crippen LogP contribution in [-0.2, 0) is 17.1 Å². The van der Waals surface area contributed by atoms with Crippen molar-refractivity contribution in [1.82, 2.24) is 14.5 Å². The van der Waals surface area contributed by atoms with Gasteiger partial charge in [-0.3, -0.25) is 4.79 Å². The zero-order valence-corrected chi connectivity index (χ0v) is 10.9. The molecule has 1 aromatic rings. The van der Waals surface area contributed by atoms with Crippen molar-refractivity contribution in [1.29, 1.82) is 0 Å². The first-order valence-electron chi connectivity index (χ1n) is 5.67. The largest absolute Gasteiger partial charge is 0.340 e. The number of nitrogens with two attached hydrogens (primary N) is 1. The summed E-state index contributed by atoms with van der Waals surface area (Å²) in [6.45, 7) is 0.690. The van der Waals surface area contributed by atoms with E-state index in [1.807, 2.05) is 0 Å². The first-order valence-corrected chi connectivity index (χ1v) is 7.27. The maximum atomic E-state index is 12.1. The minimum Gasteiger partial charge on any atom is -0.340 e. The van der Waals surface area contributed by atoms with Gasteiger partial charge >= 0.3 is 0 Å². The van der Waals surface area contributed by atoms with Gasteiger partial charge in [0.2, 0.25) is 10.0 Å². The molecule has 2 heterocycles. The molecular formula is C10H16N4O3S. The van der Waals surface area contributed by atoms with Crippen LogP contribution in [0.15, 0.2) is 12.5 Å². The van der Waals surface area contributed by atoms with Crippen LogP contribution in [0.25, 0.3) is 0 Å². The number of aromatic nitrogens is 2. The highest BCUT2D eigenvalue weighted by Gasteiger charge is 2.31. The summed E-state index contributed by atoms with van der Waals surface area (Å²) in [7, 11) is -1.82. The number of hydrogen-bond acceptors (Lipinski definition) is 4. The monoisotopic (exact) mass is 272 g/mol. The highest BCUT2D eigenvalue weighted by molar-refractivity contribution is 7.89. The third-order valence-corrected chi connectivity index (χ3v) is 4.37. The van der Waals surface area contributed by atoms with Crippen LogP contribution < -0.4 is 5.14 Å². The molecule has 1 aliphatic rings. The molecule has 1 saturated heterocycles. The minimum absolute atomic E-state index is 0.147. The smallest absolute Gasteiger partial charge is 0.274 e. The first kappa shape index (κ1) is 13.0. The number of amides is 1. The second-order valence-electron chi connectivity index (χ2n) is 4.53. The molecule has 0 aliphatic carbocycles. The van der Waals surface area contributed by atoms with Crippen molar-refractivity contribution in [2.45, 2.75) is 18.1 Å². The lowest BCUT2D eigenvalue weighted by molar-refractivity contribution is 0.0721. The van der Waals surface area contributed by atoms with Crippen LogP contribution in [0.1, 0.15) is 23.3 Å². The van der Waals surface area contributed by atoms with Gasteiger partial charge in [-0.2, -0.15) is 0 Å². The molecule has 1 unspecified atom stereocenters. The topological polar surface area (TPSA) is 98.3 Å². The van der Waals surface area contributed by atoms with Gasteiger partial charge in [-0.25, -0.2) is 18.5 Å². The maximum absolute atomic E-state index is 12.1. The molecule has 0 spiro atoms. The Balaban J connectivity index is 2.12. The van der Waals surface area contributed by atoms with Crippen LogP contribution in [0.4, 0.5) is 0 Å². The summed E-state index contributed by atoms with van der Waals surface area (Å²) in [4.78, 5) is 17.6. The number of sulfonamides is 1. The third-order valence-electron chi connectivity index (χ3n) is 3.05. The lowest BCUT2D eigenvalue weighted by Crippen LogP contribution is -2.47. The Hall–Kier alpha value is -1.41. The van der Waals surface area contributed by atoms with Gasteiger partial charge in [0.05, 0.1) is 11.6 Å². The van der Waals surface area contributed by atoms with E-state index in [0.29, 0.717) is 25.1 Å². The average molecular weight is 272 g/mol. The van der Waals surface area contributed by atoms with E-state index in [1.165, 1.54) is 11.2 Å². The molecule has 100 valence electrons. The fourth-order valence-corrected chi connectivity index (χ4v) is 2.96. The molecule has 18 heavy (non-hydrogen) atoms. The van der Waals surface area contributed by atoms with E-state index >= 15 is 0 Å². The number of rotatable bonds is 2. The van der Waals surface area contributed by atoms with Crippen molar-refractivity contribution in [3.63, 3.8) is 0 Å². The summed E-state index contributed by atoms with van der Waals surface area (Å²) in [6.07, 6.45) is 4.29. The molecule has 1 fully saturated rings. The van der Waals surface area contributed by atoms with Crippen LogP contribution in [0.2, 0.25) is 0 Å². The van der Waals surface area contributed by atoms with Gasteiger partial charge in [0.1, 0.15) is 5.69 Å². The third kappa shape index (κ3) is 2.70. The summed E-state index contributed by atoms with van der Waals surface area (Å²) < 4.78 is 24.3. The number of primary sulfonamides is 1. The molecule has 0 radical (unpaired) electrons. The zero-order valence-electron chi connectivity index (χ0n) is 10.1. The molecule has 2 N–H and O–H groups in total. The molecule has 1 aliphatic heterocycles. The predicted octanol–water partition coefficient (Wildman–Crippen LogP) is -0.687. The first-order chi connectivity index (χ1) is 8.38. The Morgan fingerprint density at radius 3 is 2.83 bits per heavy atom. The van der Waals surface area contributed by atoms with Crippen LogP contribution in [0, 0.1) is 0 Å². The van der Waals surface area contributed by atoms with E-state index in [2.05, 4.69) is 4.98 Å². The second kappa shape index (κ2) is 4.69. The van der Waals surface area contributed by atoms with E-state index in [-0.39, 0.29) is 12.5 Å². The number of piperidine rings is 1. The van der Waals surface area contributed by atoms with Crippen molar-refractivity contribution >= 4 is 15.9 Å². The number of carbonyl (C=O) groups excluding carboxylic acids is 1. The Morgan fingerprint density at radius 1 is 1.56 bits per heavy atom. The highest BCUT2D eigenvalue weighted by atomic mass is 32.2. The SMILES string of the molecule is Cn1cnc(C(=O)N2CCCC(S(N)(=O)=O)C2)c1. The molecule has 7 nitrogen and oxygen atoms in total. The van der Waals surface area contributed by atoms with Gasteiger partial charge in [0, 0.05) is 26.3 Å². The molecule has 2 rings (SSSR count). The number of imidazole rings is 1. The van der Waals surface area contributed by atoms with E-state index in [4.69, 9.17) is 5.14 Å². The van der Waals surface area contributed by atoms with Gasteiger partial charge in [-0.05, 0) is 12.8 Å². The van der Waals surface area contributed by atoms with Crippen LogP contribution in [0.3, 0.4) is 0 Å². The molecular weight excluding hydrogens is 256 g/mol. The quantitative estimate of drug-likeness (QED) is 0.770. The maximum Gasteiger partial charge on any atom is 0.274 e. The number of hydrogen-bond donors (Lipinski definition) is 1. The number of aryl methyl sites for hydroxylation is 1. The average Bonchev–Trinajstić information content (AvgIpc) is 2.74. The Labute approximate surface area is 106 Å². The van der Waals surface area contributed by atoms with E-state index in [1.54, 1.807) is 17.8 Å². The zero-order chi connectivity index (χ0) is 13.3. The molecule has 8 heteroatoms. The van der Waals surface area contributed by atoms with Crippen LogP contribution >= 0.6 is 0 Å². The number of nitrogens with zero attached hydrogens (tertiary/aromatic N) is 3. The highest BCUT2D eigenvalue weighted by Crippen LogP contribution is 2.17. The molecule has 1 amide bonds. The Kier molecular flexibility index (Phi) is 3.40. The van der Waals surface area contributed by atoms with E-state index in [0.717, 1.165) is 0 Å². The molecule has 1 atom stereocenters. The van der Waals surface area contributed by atoms with E-state index in [9.17, 15) is 13.2 Å². The Morgan fingerprint density at radius 2 is 2.28 bits per heavy atom. The van der Waals surface area contributed by atoms with Crippen LogP contribution in [0.5, 0.6) is 0 Å². The molecule has 0 bridgehead atoms. The summed E-state index contributed by atoms with van der Waals surface area (Å²) in [6, 6.07) is 0.